The van der Waals surface area contributed by atoms with Crippen LogP contribution in [0.2, 0.25) is 5.02 Å². The van der Waals surface area contributed by atoms with Crippen LogP contribution in [0.1, 0.15) is 24.6 Å². The largest absolute Gasteiger partial charge is 0.438 e. The quantitative estimate of drug-likeness (QED) is 0.482. The maximum absolute atomic E-state index is 13.5. The van der Waals surface area contributed by atoms with Crippen LogP contribution in [-0.4, -0.2) is 9.97 Å². The third-order valence-corrected chi connectivity index (χ3v) is 3.91. The lowest BCUT2D eigenvalue weighted by molar-refractivity contribution is 0.451. The van der Waals surface area contributed by atoms with Crippen LogP contribution in [0.15, 0.2) is 22.7 Å². The van der Waals surface area contributed by atoms with E-state index < -0.39 is 5.82 Å². The van der Waals surface area contributed by atoms with Crippen molar-refractivity contribution in [2.24, 2.45) is 5.84 Å². The summed E-state index contributed by atoms with van der Waals surface area (Å²) in [6.45, 7) is 0. The number of hydrogen-bond donors (Lipinski definition) is 2. The zero-order chi connectivity index (χ0) is 15.0. The van der Waals surface area contributed by atoms with Gasteiger partial charge in [0.2, 0.25) is 5.88 Å². The summed E-state index contributed by atoms with van der Waals surface area (Å²) in [5, 5.41) is 0.0138. The molecule has 0 amide bonds. The third kappa shape index (κ3) is 3.25. The summed E-state index contributed by atoms with van der Waals surface area (Å²) in [6, 6.07) is 4.17. The Labute approximate surface area is 133 Å². The van der Waals surface area contributed by atoms with E-state index in [-0.39, 0.29) is 10.8 Å². The molecule has 110 valence electrons. The van der Waals surface area contributed by atoms with E-state index in [4.69, 9.17) is 22.2 Å². The highest BCUT2D eigenvalue weighted by Crippen LogP contribution is 2.40. The van der Waals surface area contributed by atoms with Crippen molar-refractivity contribution in [2.45, 2.75) is 18.8 Å². The molecule has 0 spiro atoms. The summed E-state index contributed by atoms with van der Waals surface area (Å²) in [4.78, 5) is 8.60. The lowest BCUT2D eigenvalue weighted by Crippen LogP contribution is -2.10. The molecule has 3 N–H and O–H groups in total. The second-order valence-electron chi connectivity index (χ2n) is 4.67. The number of halogens is 3. The SMILES string of the molecule is NNc1cc(Oc2cc(F)c(Cl)cc2Br)nc(C2CC2)n1. The third-order valence-electron chi connectivity index (χ3n) is 3.00. The summed E-state index contributed by atoms with van der Waals surface area (Å²) < 4.78 is 19.7. The number of aromatic nitrogens is 2. The van der Waals surface area contributed by atoms with Gasteiger partial charge < -0.3 is 10.2 Å². The van der Waals surface area contributed by atoms with Crippen molar-refractivity contribution in [1.82, 2.24) is 9.97 Å². The first-order valence-electron chi connectivity index (χ1n) is 6.25. The molecule has 3 rings (SSSR count). The number of anilines is 1. The minimum Gasteiger partial charge on any atom is -0.438 e. The molecule has 1 aromatic heterocycles. The molecular formula is C13H11BrClFN4O. The van der Waals surface area contributed by atoms with Gasteiger partial charge in [0.15, 0.2) is 0 Å². The number of hydrazine groups is 1. The Morgan fingerprint density at radius 1 is 1.33 bits per heavy atom. The first-order valence-corrected chi connectivity index (χ1v) is 7.42. The Balaban J connectivity index is 1.94. The molecule has 8 heteroatoms. The Morgan fingerprint density at radius 3 is 2.76 bits per heavy atom. The first-order chi connectivity index (χ1) is 10.1. The fourth-order valence-electron chi connectivity index (χ4n) is 1.79. The minimum absolute atomic E-state index is 0.0138. The number of ether oxygens (including phenoxy) is 1. The molecule has 0 bridgehead atoms. The summed E-state index contributed by atoms with van der Waals surface area (Å²) in [6.07, 6.45) is 2.10. The highest BCUT2D eigenvalue weighted by Gasteiger charge is 2.27. The number of benzene rings is 1. The van der Waals surface area contributed by atoms with Crippen molar-refractivity contribution < 1.29 is 9.13 Å². The molecular weight excluding hydrogens is 363 g/mol. The average Bonchev–Trinajstić information content (AvgIpc) is 3.29. The van der Waals surface area contributed by atoms with E-state index in [9.17, 15) is 4.39 Å². The molecule has 5 nitrogen and oxygen atoms in total. The normalized spacial score (nSPS) is 14.1. The smallest absolute Gasteiger partial charge is 0.224 e. The lowest BCUT2D eigenvalue weighted by atomic mass is 10.3. The lowest BCUT2D eigenvalue weighted by Gasteiger charge is -2.10. The van der Waals surface area contributed by atoms with Crippen LogP contribution >= 0.6 is 27.5 Å². The van der Waals surface area contributed by atoms with Gasteiger partial charge in [-0.3, -0.25) is 0 Å². The van der Waals surface area contributed by atoms with E-state index in [1.807, 2.05) is 0 Å². The van der Waals surface area contributed by atoms with Crippen LogP contribution in [-0.2, 0) is 0 Å². The van der Waals surface area contributed by atoms with Crippen LogP contribution in [0.3, 0.4) is 0 Å². The van der Waals surface area contributed by atoms with E-state index >= 15 is 0 Å². The zero-order valence-corrected chi connectivity index (χ0v) is 13.1. The van der Waals surface area contributed by atoms with Crippen molar-refractivity contribution >= 4 is 33.3 Å². The van der Waals surface area contributed by atoms with Crippen molar-refractivity contribution in [1.29, 1.82) is 0 Å². The average molecular weight is 374 g/mol. The van der Waals surface area contributed by atoms with Crippen molar-refractivity contribution in [2.75, 3.05) is 5.43 Å². The topological polar surface area (TPSA) is 73.1 Å². The van der Waals surface area contributed by atoms with Gasteiger partial charge in [-0.05, 0) is 34.8 Å². The number of nitrogen functional groups attached to an aromatic ring is 1. The molecule has 1 fully saturated rings. The molecule has 0 radical (unpaired) electrons. The maximum Gasteiger partial charge on any atom is 0.224 e. The predicted molar refractivity (Wildman–Crippen MR) is 81.0 cm³/mol. The molecule has 2 aromatic rings. The van der Waals surface area contributed by atoms with Crippen LogP contribution < -0.4 is 16.0 Å². The second-order valence-corrected chi connectivity index (χ2v) is 5.93. The van der Waals surface area contributed by atoms with Gasteiger partial charge >= 0.3 is 0 Å². The number of hydrogen-bond acceptors (Lipinski definition) is 5. The van der Waals surface area contributed by atoms with Crippen LogP contribution in [0.4, 0.5) is 10.2 Å². The first kappa shape index (κ1) is 14.5. The highest BCUT2D eigenvalue weighted by atomic mass is 79.9. The molecule has 1 aromatic carbocycles. The number of nitrogens with two attached hydrogens (primary N) is 1. The van der Waals surface area contributed by atoms with Gasteiger partial charge in [-0.1, -0.05) is 11.6 Å². The Morgan fingerprint density at radius 2 is 2.10 bits per heavy atom. The van der Waals surface area contributed by atoms with Gasteiger partial charge in [-0.15, -0.1) is 0 Å². The second kappa shape index (κ2) is 5.75. The van der Waals surface area contributed by atoms with E-state index in [0.29, 0.717) is 27.9 Å². The Bertz CT molecular complexity index is 696. The summed E-state index contributed by atoms with van der Waals surface area (Å²) in [7, 11) is 0. The molecule has 1 heterocycles. The van der Waals surface area contributed by atoms with Crippen molar-refractivity contribution in [3.63, 3.8) is 0 Å². The van der Waals surface area contributed by atoms with Gasteiger partial charge in [0, 0.05) is 18.1 Å². The summed E-state index contributed by atoms with van der Waals surface area (Å²) in [5.41, 5.74) is 2.47. The maximum atomic E-state index is 13.5. The Hall–Kier alpha value is -1.44. The molecule has 0 aliphatic heterocycles. The molecule has 1 aliphatic rings. The summed E-state index contributed by atoms with van der Waals surface area (Å²) >= 11 is 8.97. The molecule has 0 unspecified atom stereocenters. The highest BCUT2D eigenvalue weighted by molar-refractivity contribution is 9.10. The monoisotopic (exact) mass is 372 g/mol. The van der Waals surface area contributed by atoms with Crippen LogP contribution in [0.25, 0.3) is 0 Å². The van der Waals surface area contributed by atoms with Crippen molar-refractivity contribution in [3.05, 3.63) is 39.3 Å². The van der Waals surface area contributed by atoms with E-state index in [1.54, 1.807) is 6.07 Å². The van der Waals surface area contributed by atoms with Gasteiger partial charge in [-0.25, -0.2) is 15.2 Å². The summed E-state index contributed by atoms with van der Waals surface area (Å²) in [5.74, 6) is 6.86. The number of nitrogens with zero attached hydrogens (tertiary/aromatic N) is 2. The van der Waals surface area contributed by atoms with Crippen molar-refractivity contribution in [3.8, 4) is 11.6 Å². The minimum atomic E-state index is -0.566. The number of nitrogens with one attached hydrogen (secondary N) is 1. The van der Waals surface area contributed by atoms with Gasteiger partial charge in [0.05, 0.1) is 9.50 Å². The fourth-order valence-corrected chi connectivity index (χ4v) is 2.51. The Kier molecular flexibility index (Phi) is 3.97. The predicted octanol–water partition coefficient (Wildman–Crippen LogP) is 3.99. The standard InChI is InChI=1S/C13H11BrClFN4O/c14-7-3-8(15)9(16)4-10(7)21-12-5-11(20-17)18-13(19-12)6-1-2-6/h3-6H,1-2,17H2,(H,18,19,20). The van der Waals surface area contributed by atoms with Crippen LogP contribution in [0, 0.1) is 5.82 Å². The molecule has 0 atom stereocenters. The molecule has 1 saturated carbocycles. The van der Waals surface area contributed by atoms with Gasteiger partial charge in [0.25, 0.3) is 0 Å². The van der Waals surface area contributed by atoms with Gasteiger partial charge in [0.1, 0.15) is 23.2 Å². The molecule has 21 heavy (non-hydrogen) atoms. The fraction of sp³-hybridized carbons (Fsp3) is 0.231. The molecule has 1 aliphatic carbocycles. The van der Waals surface area contributed by atoms with E-state index in [0.717, 1.165) is 12.8 Å². The van der Waals surface area contributed by atoms with E-state index in [2.05, 4.69) is 31.3 Å². The number of rotatable bonds is 4. The van der Waals surface area contributed by atoms with Gasteiger partial charge in [-0.2, -0.15) is 4.98 Å². The molecule has 0 saturated heterocycles. The zero-order valence-electron chi connectivity index (χ0n) is 10.7. The van der Waals surface area contributed by atoms with Crippen LogP contribution in [0.5, 0.6) is 11.6 Å². The van der Waals surface area contributed by atoms with E-state index in [1.165, 1.54) is 12.1 Å².